The molecule has 4 nitrogen and oxygen atoms in total. The van der Waals surface area contributed by atoms with E-state index in [9.17, 15) is 8.42 Å². The minimum Gasteiger partial charge on any atom is -0.311 e. The predicted octanol–water partition coefficient (Wildman–Crippen LogP) is 3.80. The maximum absolute atomic E-state index is 12.8. The van der Waals surface area contributed by atoms with Crippen molar-refractivity contribution in [3.8, 4) is 0 Å². The van der Waals surface area contributed by atoms with Gasteiger partial charge in [0, 0.05) is 13.1 Å². The molecule has 3 rings (SSSR count). The van der Waals surface area contributed by atoms with Gasteiger partial charge in [-0.2, -0.15) is 0 Å². The van der Waals surface area contributed by atoms with E-state index in [0.29, 0.717) is 13.1 Å². The Bertz CT molecular complexity index is 941. The third-order valence-corrected chi connectivity index (χ3v) is 5.84. The molecule has 0 saturated carbocycles. The predicted molar refractivity (Wildman–Crippen MR) is 109 cm³/mol. The van der Waals surface area contributed by atoms with Gasteiger partial charge in [0.15, 0.2) is 0 Å². The zero-order chi connectivity index (χ0) is 19.1. The summed E-state index contributed by atoms with van der Waals surface area (Å²) in [5.74, 6) is 0. The van der Waals surface area contributed by atoms with E-state index >= 15 is 0 Å². The van der Waals surface area contributed by atoms with Crippen molar-refractivity contribution in [1.29, 1.82) is 0 Å². The number of rotatable bonds is 8. The monoisotopic (exact) mass is 380 g/mol. The normalized spacial score (nSPS) is 12.6. The molecular formula is C22H24N2O2S. The number of hydrogen-bond donors (Lipinski definition) is 2. The van der Waals surface area contributed by atoms with E-state index in [1.807, 2.05) is 67.6 Å². The molecule has 0 fully saturated rings. The summed E-state index contributed by atoms with van der Waals surface area (Å²) in [6, 6.07) is 26.2. The molecule has 140 valence electrons. The average Bonchev–Trinajstić information content (AvgIpc) is 2.69. The van der Waals surface area contributed by atoms with Crippen molar-refractivity contribution in [1.82, 2.24) is 10.0 Å². The van der Waals surface area contributed by atoms with Gasteiger partial charge in [-0.25, -0.2) is 13.1 Å². The topological polar surface area (TPSA) is 58.2 Å². The van der Waals surface area contributed by atoms with Gasteiger partial charge in [0.25, 0.3) is 0 Å². The van der Waals surface area contributed by atoms with Gasteiger partial charge in [-0.15, -0.1) is 0 Å². The van der Waals surface area contributed by atoms with Crippen LogP contribution in [-0.4, -0.2) is 15.0 Å². The van der Waals surface area contributed by atoms with E-state index < -0.39 is 10.0 Å². The minimum atomic E-state index is -3.61. The first-order chi connectivity index (χ1) is 13.0. The molecule has 0 aliphatic rings. The molecule has 0 amide bonds. The fourth-order valence-electron chi connectivity index (χ4n) is 2.84. The van der Waals surface area contributed by atoms with E-state index in [0.717, 1.165) is 16.7 Å². The molecule has 3 aromatic carbocycles. The number of hydrogen-bond acceptors (Lipinski definition) is 3. The van der Waals surface area contributed by atoms with Gasteiger partial charge in [-0.05, 0) is 30.2 Å². The van der Waals surface area contributed by atoms with Crippen LogP contribution in [0.1, 0.15) is 22.7 Å². The smallest absolute Gasteiger partial charge is 0.241 e. The first-order valence-electron chi connectivity index (χ1n) is 8.93. The molecule has 2 N–H and O–H groups in total. The van der Waals surface area contributed by atoms with E-state index in [-0.39, 0.29) is 10.9 Å². The molecule has 0 saturated heterocycles. The number of aryl methyl sites for hydroxylation is 1. The van der Waals surface area contributed by atoms with E-state index in [1.54, 1.807) is 24.3 Å². The van der Waals surface area contributed by atoms with Crippen LogP contribution in [0.3, 0.4) is 0 Å². The molecule has 0 radical (unpaired) electrons. The third kappa shape index (κ3) is 5.50. The van der Waals surface area contributed by atoms with Gasteiger partial charge in [0.1, 0.15) is 0 Å². The van der Waals surface area contributed by atoms with Crippen molar-refractivity contribution in [2.75, 3.05) is 6.54 Å². The second-order valence-electron chi connectivity index (χ2n) is 6.51. The van der Waals surface area contributed by atoms with Crippen LogP contribution in [-0.2, 0) is 16.6 Å². The van der Waals surface area contributed by atoms with Crippen molar-refractivity contribution in [3.63, 3.8) is 0 Å². The van der Waals surface area contributed by atoms with E-state index in [2.05, 4.69) is 10.0 Å². The molecule has 27 heavy (non-hydrogen) atoms. The molecule has 0 bridgehead atoms. The number of sulfonamides is 1. The summed E-state index contributed by atoms with van der Waals surface area (Å²) in [6.45, 7) is 3.10. The molecule has 5 heteroatoms. The Morgan fingerprint density at radius 1 is 0.815 bits per heavy atom. The minimum absolute atomic E-state index is 0.275. The lowest BCUT2D eigenvalue weighted by molar-refractivity contribution is 0.528. The first kappa shape index (κ1) is 19.3. The van der Waals surface area contributed by atoms with Crippen LogP contribution in [0, 0.1) is 6.92 Å². The van der Waals surface area contributed by atoms with Crippen molar-refractivity contribution < 1.29 is 8.42 Å². The van der Waals surface area contributed by atoms with Gasteiger partial charge in [-0.3, -0.25) is 0 Å². The van der Waals surface area contributed by atoms with Crippen molar-refractivity contribution in [2.45, 2.75) is 24.4 Å². The fourth-order valence-corrected chi connectivity index (χ4v) is 4.07. The summed E-state index contributed by atoms with van der Waals surface area (Å²) < 4.78 is 28.5. The Labute approximate surface area is 161 Å². The van der Waals surface area contributed by atoms with Gasteiger partial charge in [0.05, 0.1) is 10.9 Å². The second-order valence-corrected chi connectivity index (χ2v) is 8.23. The van der Waals surface area contributed by atoms with Crippen LogP contribution in [0.25, 0.3) is 0 Å². The maximum atomic E-state index is 12.8. The molecule has 0 aliphatic heterocycles. The molecule has 0 aliphatic carbocycles. The molecule has 1 unspecified atom stereocenters. The summed E-state index contributed by atoms with van der Waals surface area (Å²) in [6.07, 6.45) is 0. The van der Waals surface area contributed by atoms with Crippen LogP contribution in [0.5, 0.6) is 0 Å². The Morgan fingerprint density at radius 3 is 2.04 bits per heavy atom. The zero-order valence-corrected chi connectivity index (χ0v) is 16.1. The van der Waals surface area contributed by atoms with Crippen LogP contribution in [0.4, 0.5) is 0 Å². The first-order valence-corrected chi connectivity index (χ1v) is 10.4. The summed E-state index contributed by atoms with van der Waals surface area (Å²) in [5.41, 5.74) is 3.11. The molecule has 3 aromatic rings. The highest BCUT2D eigenvalue weighted by Crippen LogP contribution is 2.17. The summed E-state index contributed by atoms with van der Waals surface area (Å²) >= 11 is 0. The summed E-state index contributed by atoms with van der Waals surface area (Å²) in [4.78, 5) is 0.275. The summed E-state index contributed by atoms with van der Waals surface area (Å²) in [7, 11) is -3.61. The average molecular weight is 381 g/mol. The van der Waals surface area contributed by atoms with E-state index in [4.69, 9.17) is 0 Å². The number of benzene rings is 3. The van der Waals surface area contributed by atoms with Crippen LogP contribution >= 0.6 is 0 Å². The Morgan fingerprint density at radius 2 is 1.41 bits per heavy atom. The Kier molecular flexibility index (Phi) is 6.40. The quantitative estimate of drug-likeness (QED) is 0.625. The lowest BCUT2D eigenvalue weighted by Gasteiger charge is -2.20. The summed E-state index contributed by atoms with van der Waals surface area (Å²) in [5, 5.41) is 3.36. The van der Waals surface area contributed by atoms with Gasteiger partial charge >= 0.3 is 0 Å². The van der Waals surface area contributed by atoms with Gasteiger partial charge < -0.3 is 5.32 Å². The van der Waals surface area contributed by atoms with E-state index in [1.165, 1.54) is 0 Å². The zero-order valence-electron chi connectivity index (χ0n) is 15.3. The Balaban J connectivity index is 1.74. The highest BCUT2D eigenvalue weighted by Gasteiger charge is 2.21. The van der Waals surface area contributed by atoms with Gasteiger partial charge in [-0.1, -0.05) is 78.4 Å². The fraction of sp³-hybridized carbons (Fsp3) is 0.182. The SMILES string of the molecule is Cc1ccc(S(=O)(=O)NC(CNCc2ccccc2)c2ccccc2)cc1. The third-order valence-electron chi connectivity index (χ3n) is 4.35. The molecule has 0 spiro atoms. The van der Waals surface area contributed by atoms with Crippen LogP contribution in [0.2, 0.25) is 0 Å². The van der Waals surface area contributed by atoms with Crippen LogP contribution in [0.15, 0.2) is 89.8 Å². The molecule has 0 aromatic heterocycles. The Hall–Kier alpha value is -2.47. The van der Waals surface area contributed by atoms with Crippen molar-refractivity contribution >= 4 is 10.0 Å². The largest absolute Gasteiger partial charge is 0.311 e. The molecule has 1 atom stereocenters. The van der Waals surface area contributed by atoms with Crippen LogP contribution < -0.4 is 10.0 Å². The standard InChI is InChI=1S/C22H24N2O2S/c1-18-12-14-21(15-13-18)27(25,26)24-22(20-10-6-3-7-11-20)17-23-16-19-8-4-2-5-9-19/h2-15,22-24H,16-17H2,1H3. The highest BCUT2D eigenvalue weighted by atomic mass is 32.2. The van der Waals surface area contributed by atoms with Crippen molar-refractivity contribution in [3.05, 3.63) is 102 Å². The van der Waals surface area contributed by atoms with Gasteiger partial charge in [0.2, 0.25) is 10.0 Å². The molecule has 0 heterocycles. The maximum Gasteiger partial charge on any atom is 0.241 e. The number of nitrogens with one attached hydrogen (secondary N) is 2. The molecular weight excluding hydrogens is 356 g/mol. The second kappa shape index (κ2) is 8.95. The highest BCUT2D eigenvalue weighted by molar-refractivity contribution is 7.89. The van der Waals surface area contributed by atoms with Crippen molar-refractivity contribution in [2.24, 2.45) is 0 Å². The lowest BCUT2D eigenvalue weighted by atomic mass is 10.1. The lowest BCUT2D eigenvalue weighted by Crippen LogP contribution is -2.35.